The molecule has 0 spiro atoms. The lowest BCUT2D eigenvalue weighted by atomic mass is 10.0. The van der Waals surface area contributed by atoms with E-state index in [1.807, 2.05) is 0 Å². The molecule has 0 radical (unpaired) electrons. The number of piperidine rings is 1. The maximum atomic E-state index is 4.83. The van der Waals surface area contributed by atoms with E-state index >= 15 is 0 Å². The van der Waals surface area contributed by atoms with E-state index < -0.39 is 0 Å². The van der Waals surface area contributed by atoms with Crippen molar-refractivity contribution in [3.8, 4) is 0 Å². The van der Waals surface area contributed by atoms with Crippen LogP contribution < -0.4 is 10.6 Å². The Morgan fingerprint density at radius 2 is 1.91 bits per heavy atom. The SMILES string of the molecule is CCNC(=NCC1CCCN1C)NC1CCN(C(C)C)CC1. The molecule has 1 atom stereocenters. The Hall–Kier alpha value is -0.810. The second-order valence-electron chi connectivity index (χ2n) is 7.04. The van der Waals surface area contributed by atoms with E-state index in [-0.39, 0.29) is 0 Å². The van der Waals surface area contributed by atoms with E-state index in [1.54, 1.807) is 0 Å². The van der Waals surface area contributed by atoms with Gasteiger partial charge in [-0.25, -0.2) is 0 Å². The molecule has 2 heterocycles. The third-order valence-corrected chi connectivity index (χ3v) is 5.08. The highest BCUT2D eigenvalue weighted by Gasteiger charge is 2.23. The Morgan fingerprint density at radius 1 is 1.18 bits per heavy atom. The number of hydrogen-bond acceptors (Lipinski definition) is 3. The first-order valence-electron chi connectivity index (χ1n) is 9.09. The van der Waals surface area contributed by atoms with E-state index in [9.17, 15) is 0 Å². The molecule has 0 bridgehead atoms. The zero-order valence-corrected chi connectivity index (χ0v) is 14.9. The first-order valence-corrected chi connectivity index (χ1v) is 9.09. The van der Waals surface area contributed by atoms with Crippen molar-refractivity contribution < 1.29 is 0 Å². The van der Waals surface area contributed by atoms with E-state index in [1.165, 1.54) is 45.3 Å². The molecule has 1 unspecified atom stereocenters. The van der Waals surface area contributed by atoms with Crippen LogP contribution in [0.1, 0.15) is 46.5 Å². The van der Waals surface area contributed by atoms with Gasteiger partial charge in [-0.05, 0) is 60.0 Å². The van der Waals surface area contributed by atoms with E-state index in [0.717, 1.165) is 19.0 Å². The number of rotatable bonds is 5. The van der Waals surface area contributed by atoms with Crippen LogP contribution >= 0.6 is 0 Å². The van der Waals surface area contributed by atoms with Gasteiger partial charge in [-0.2, -0.15) is 0 Å². The van der Waals surface area contributed by atoms with Crippen molar-refractivity contribution in [3.63, 3.8) is 0 Å². The van der Waals surface area contributed by atoms with Crippen LogP contribution in [0.3, 0.4) is 0 Å². The van der Waals surface area contributed by atoms with Gasteiger partial charge in [-0.1, -0.05) is 0 Å². The molecule has 0 aromatic heterocycles. The molecule has 5 heteroatoms. The molecule has 2 fully saturated rings. The van der Waals surface area contributed by atoms with Gasteiger partial charge >= 0.3 is 0 Å². The molecule has 2 saturated heterocycles. The second kappa shape index (κ2) is 8.73. The molecule has 0 aromatic rings. The summed E-state index contributed by atoms with van der Waals surface area (Å²) in [6, 6.07) is 1.85. The minimum Gasteiger partial charge on any atom is -0.357 e. The summed E-state index contributed by atoms with van der Waals surface area (Å²) in [5, 5.41) is 7.06. The first-order chi connectivity index (χ1) is 10.6. The van der Waals surface area contributed by atoms with Gasteiger partial charge in [-0.3, -0.25) is 4.99 Å². The van der Waals surface area contributed by atoms with Crippen molar-refractivity contribution in [2.24, 2.45) is 4.99 Å². The fourth-order valence-electron chi connectivity index (χ4n) is 3.48. The summed E-state index contributed by atoms with van der Waals surface area (Å²) < 4.78 is 0. The summed E-state index contributed by atoms with van der Waals surface area (Å²) in [5.41, 5.74) is 0. The third-order valence-electron chi connectivity index (χ3n) is 5.08. The predicted octanol–water partition coefficient (Wildman–Crippen LogP) is 1.51. The van der Waals surface area contributed by atoms with Crippen LogP contribution in [-0.4, -0.2) is 73.7 Å². The van der Waals surface area contributed by atoms with Crippen LogP contribution in [0.2, 0.25) is 0 Å². The third kappa shape index (κ3) is 5.13. The number of likely N-dealkylation sites (tertiary alicyclic amines) is 2. The highest BCUT2D eigenvalue weighted by atomic mass is 15.2. The Kier molecular flexibility index (Phi) is 6.96. The summed E-state index contributed by atoms with van der Waals surface area (Å²) in [6.45, 7) is 12.2. The quantitative estimate of drug-likeness (QED) is 0.597. The molecule has 0 saturated carbocycles. The molecule has 128 valence electrons. The van der Waals surface area contributed by atoms with Crippen molar-refractivity contribution >= 4 is 5.96 Å². The average molecular weight is 310 g/mol. The molecular formula is C17H35N5. The van der Waals surface area contributed by atoms with Crippen LogP contribution in [0.4, 0.5) is 0 Å². The van der Waals surface area contributed by atoms with Crippen LogP contribution in [0.15, 0.2) is 4.99 Å². The fourth-order valence-corrected chi connectivity index (χ4v) is 3.48. The summed E-state index contributed by atoms with van der Waals surface area (Å²) >= 11 is 0. The minimum absolute atomic E-state index is 0.564. The van der Waals surface area contributed by atoms with Crippen LogP contribution in [0.5, 0.6) is 0 Å². The topological polar surface area (TPSA) is 42.9 Å². The molecular weight excluding hydrogens is 274 g/mol. The Balaban J connectivity index is 1.81. The van der Waals surface area contributed by atoms with Crippen molar-refractivity contribution in [2.75, 3.05) is 39.8 Å². The lowest BCUT2D eigenvalue weighted by Crippen LogP contribution is -2.50. The second-order valence-corrected chi connectivity index (χ2v) is 7.04. The van der Waals surface area contributed by atoms with Crippen molar-refractivity contribution in [1.82, 2.24) is 20.4 Å². The van der Waals surface area contributed by atoms with Gasteiger partial charge in [0.05, 0.1) is 6.54 Å². The van der Waals surface area contributed by atoms with Crippen LogP contribution in [-0.2, 0) is 0 Å². The Labute approximate surface area is 136 Å². The number of nitrogens with zero attached hydrogens (tertiary/aromatic N) is 3. The van der Waals surface area contributed by atoms with Crippen molar-refractivity contribution in [1.29, 1.82) is 0 Å². The summed E-state index contributed by atoms with van der Waals surface area (Å²) in [7, 11) is 2.22. The zero-order valence-electron chi connectivity index (χ0n) is 14.9. The zero-order chi connectivity index (χ0) is 15.9. The number of guanidine groups is 1. The predicted molar refractivity (Wildman–Crippen MR) is 94.5 cm³/mol. The van der Waals surface area contributed by atoms with Gasteiger partial charge in [0.15, 0.2) is 5.96 Å². The van der Waals surface area contributed by atoms with Gasteiger partial charge in [0.25, 0.3) is 0 Å². The highest BCUT2D eigenvalue weighted by Crippen LogP contribution is 2.15. The maximum Gasteiger partial charge on any atom is 0.191 e. The lowest BCUT2D eigenvalue weighted by Gasteiger charge is -2.35. The molecule has 0 amide bonds. The van der Waals surface area contributed by atoms with Gasteiger partial charge in [0.2, 0.25) is 0 Å². The molecule has 2 N–H and O–H groups in total. The smallest absolute Gasteiger partial charge is 0.191 e. The molecule has 0 aliphatic carbocycles. The minimum atomic E-state index is 0.564. The molecule has 5 nitrogen and oxygen atoms in total. The highest BCUT2D eigenvalue weighted by molar-refractivity contribution is 5.80. The average Bonchev–Trinajstić information content (AvgIpc) is 2.91. The Morgan fingerprint density at radius 3 is 2.45 bits per heavy atom. The summed E-state index contributed by atoms with van der Waals surface area (Å²) in [4.78, 5) is 9.84. The van der Waals surface area contributed by atoms with Crippen LogP contribution in [0, 0.1) is 0 Å². The van der Waals surface area contributed by atoms with Gasteiger partial charge in [0, 0.05) is 37.8 Å². The van der Waals surface area contributed by atoms with Gasteiger partial charge in [0.1, 0.15) is 0 Å². The lowest BCUT2D eigenvalue weighted by molar-refractivity contribution is 0.167. The number of hydrogen-bond donors (Lipinski definition) is 2. The molecule has 2 aliphatic rings. The van der Waals surface area contributed by atoms with E-state index in [2.05, 4.69) is 48.3 Å². The monoisotopic (exact) mass is 309 g/mol. The first kappa shape index (κ1) is 17.5. The fraction of sp³-hybridized carbons (Fsp3) is 0.941. The summed E-state index contributed by atoms with van der Waals surface area (Å²) in [6.07, 6.45) is 5.03. The van der Waals surface area contributed by atoms with E-state index in [4.69, 9.17) is 4.99 Å². The van der Waals surface area contributed by atoms with Gasteiger partial charge in [-0.15, -0.1) is 0 Å². The van der Waals surface area contributed by atoms with Gasteiger partial charge < -0.3 is 20.4 Å². The number of nitrogens with one attached hydrogen (secondary N) is 2. The molecule has 22 heavy (non-hydrogen) atoms. The van der Waals surface area contributed by atoms with E-state index in [0.29, 0.717) is 18.1 Å². The molecule has 2 aliphatic heterocycles. The normalized spacial score (nSPS) is 25.9. The van der Waals surface area contributed by atoms with Crippen molar-refractivity contribution in [2.45, 2.75) is 64.6 Å². The number of likely N-dealkylation sites (N-methyl/N-ethyl adjacent to an activating group) is 1. The largest absolute Gasteiger partial charge is 0.357 e. The summed E-state index contributed by atoms with van der Waals surface area (Å²) in [5.74, 6) is 1.01. The Bertz CT molecular complexity index is 347. The number of aliphatic imine (C=N–C) groups is 1. The molecule has 2 rings (SSSR count). The van der Waals surface area contributed by atoms with Crippen LogP contribution in [0.25, 0.3) is 0 Å². The van der Waals surface area contributed by atoms with Crippen molar-refractivity contribution in [3.05, 3.63) is 0 Å². The maximum absolute atomic E-state index is 4.83. The standard InChI is InChI=1S/C17H35N5/c1-5-18-17(19-13-16-7-6-10-21(16)4)20-15-8-11-22(12-9-15)14(2)3/h14-16H,5-13H2,1-4H3,(H2,18,19,20). The molecule has 0 aromatic carbocycles.